The number of methoxy groups -OCH3 is 1. The summed E-state index contributed by atoms with van der Waals surface area (Å²) < 4.78 is 4.90. The van der Waals surface area contributed by atoms with Gasteiger partial charge in [0.1, 0.15) is 0 Å². The quantitative estimate of drug-likeness (QED) is 0.666. The van der Waals surface area contributed by atoms with E-state index in [0.717, 1.165) is 30.2 Å². The Bertz CT molecular complexity index is 364. The van der Waals surface area contributed by atoms with Crippen LogP contribution in [0, 0.1) is 0 Å². The highest BCUT2D eigenvalue weighted by molar-refractivity contribution is 7.09. The van der Waals surface area contributed by atoms with Crippen LogP contribution in [0.3, 0.4) is 0 Å². The average molecular weight is 344 g/mol. The van der Waals surface area contributed by atoms with Gasteiger partial charge in [0.15, 0.2) is 0 Å². The number of nitrogens with one attached hydrogen (secondary N) is 2. The number of carbonyl (C=O) groups is 1. The summed E-state index contributed by atoms with van der Waals surface area (Å²) in [5.74, 6) is 0.0245. The van der Waals surface area contributed by atoms with Crippen LogP contribution in [-0.2, 0) is 22.4 Å². The van der Waals surface area contributed by atoms with Crippen LogP contribution < -0.4 is 10.6 Å². The zero-order valence-corrected chi connectivity index (χ0v) is 14.3. The number of aryl methyl sites for hydroxylation is 1. The maximum atomic E-state index is 11.6. The number of ether oxygens (including phenoxy) is 1. The summed E-state index contributed by atoms with van der Waals surface area (Å²) in [5, 5.41) is 9.06. The van der Waals surface area contributed by atoms with E-state index in [1.165, 1.54) is 0 Å². The largest absolute Gasteiger partial charge is 0.383 e. The molecule has 0 saturated carbocycles. The fourth-order valence-electron chi connectivity index (χ4n) is 1.41. The van der Waals surface area contributed by atoms with E-state index in [0.29, 0.717) is 19.6 Å². The summed E-state index contributed by atoms with van der Waals surface area (Å²) in [6.45, 7) is 4.94. The number of hydrogen-bond acceptors (Lipinski definition) is 5. The van der Waals surface area contributed by atoms with Crippen molar-refractivity contribution in [2.24, 2.45) is 0 Å². The number of thiazole rings is 1. The molecule has 0 aliphatic carbocycles. The normalized spacial score (nSPS) is 9.50. The van der Waals surface area contributed by atoms with Crippen LogP contribution in [0.15, 0.2) is 5.38 Å². The summed E-state index contributed by atoms with van der Waals surface area (Å²) in [6.07, 6.45) is 1.30. The minimum absolute atomic E-state index is 0. The summed E-state index contributed by atoms with van der Waals surface area (Å²) in [5.41, 5.74) is 0.863. The minimum atomic E-state index is 0. The van der Waals surface area contributed by atoms with Crippen molar-refractivity contribution in [2.45, 2.75) is 19.8 Å². The maximum Gasteiger partial charge on any atom is 0.226 e. The summed E-state index contributed by atoms with van der Waals surface area (Å²) in [7, 11) is 1.67. The number of hydrogen-bond donors (Lipinski definition) is 2. The SMILES string of the molecule is CCc1nc(CC(=O)NCCNCCOC)cs1.Cl.Cl. The molecule has 0 aliphatic heterocycles. The third kappa shape index (κ3) is 9.50. The van der Waals surface area contributed by atoms with Gasteiger partial charge >= 0.3 is 0 Å². The van der Waals surface area contributed by atoms with E-state index in [1.54, 1.807) is 18.4 Å². The Kier molecular flexibility index (Phi) is 14.9. The van der Waals surface area contributed by atoms with E-state index < -0.39 is 0 Å². The Morgan fingerprint density at radius 2 is 2.10 bits per heavy atom. The molecule has 0 atom stereocenters. The topological polar surface area (TPSA) is 63.2 Å². The molecular formula is C12H23Cl2N3O2S. The molecule has 0 aromatic carbocycles. The fraction of sp³-hybridized carbons (Fsp3) is 0.667. The van der Waals surface area contributed by atoms with Gasteiger partial charge in [-0.05, 0) is 6.42 Å². The van der Waals surface area contributed by atoms with Crippen LogP contribution in [0.1, 0.15) is 17.6 Å². The van der Waals surface area contributed by atoms with E-state index in [-0.39, 0.29) is 30.7 Å². The predicted molar refractivity (Wildman–Crippen MR) is 87.4 cm³/mol. The molecule has 1 amide bonds. The van der Waals surface area contributed by atoms with Gasteiger partial charge in [0.2, 0.25) is 5.91 Å². The van der Waals surface area contributed by atoms with E-state index in [4.69, 9.17) is 4.74 Å². The molecule has 1 aromatic heterocycles. The van der Waals surface area contributed by atoms with Crippen molar-refractivity contribution < 1.29 is 9.53 Å². The minimum Gasteiger partial charge on any atom is -0.383 e. The molecule has 0 aliphatic rings. The Morgan fingerprint density at radius 3 is 2.70 bits per heavy atom. The lowest BCUT2D eigenvalue weighted by Gasteiger charge is -2.05. The Balaban J connectivity index is 0. The van der Waals surface area contributed by atoms with E-state index in [9.17, 15) is 4.79 Å². The number of carbonyl (C=O) groups excluding carboxylic acids is 1. The molecule has 1 rings (SSSR count). The number of rotatable bonds is 9. The third-order valence-corrected chi connectivity index (χ3v) is 3.39. The summed E-state index contributed by atoms with van der Waals surface area (Å²) >= 11 is 1.61. The van der Waals surface area contributed by atoms with Crippen LogP contribution in [-0.4, -0.2) is 44.2 Å². The molecule has 118 valence electrons. The van der Waals surface area contributed by atoms with Gasteiger partial charge in [0, 0.05) is 32.1 Å². The standard InChI is InChI=1S/C12H21N3O2S.2ClH/c1-3-12-15-10(9-18-12)8-11(16)14-5-4-13-6-7-17-2;;/h9,13H,3-8H2,1-2H3,(H,14,16);2*1H. The lowest BCUT2D eigenvalue weighted by atomic mass is 10.3. The lowest BCUT2D eigenvalue weighted by Crippen LogP contribution is -2.33. The monoisotopic (exact) mass is 343 g/mol. The van der Waals surface area contributed by atoms with Gasteiger partial charge in [0.05, 0.1) is 23.7 Å². The van der Waals surface area contributed by atoms with Crippen LogP contribution in [0.25, 0.3) is 0 Å². The second-order valence-electron chi connectivity index (χ2n) is 3.86. The Hall–Kier alpha value is -0.400. The van der Waals surface area contributed by atoms with Gasteiger partial charge < -0.3 is 15.4 Å². The highest BCUT2D eigenvalue weighted by Crippen LogP contribution is 2.10. The van der Waals surface area contributed by atoms with Crippen LogP contribution in [0.2, 0.25) is 0 Å². The molecule has 0 saturated heterocycles. The Morgan fingerprint density at radius 1 is 1.35 bits per heavy atom. The first-order valence-corrected chi connectivity index (χ1v) is 7.03. The van der Waals surface area contributed by atoms with E-state index >= 15 is 0 Å². The summed E-state index contributed by atoms with van der Waals surface area (Å²) in [4.78, 5) is 16.0. The predicted octanol–water partition coefficient (Wildman–Crippen LogP) is 1.44. The van der Waals surface area contributed by atoms with Crippen LogP contribution >= 0.6 is 36.2 Å². The molecular weight excluding hydrogens is 321 g/mol. The van der Waals surface area contributed by atoms with Crippen molar-refractivity contribution >= 4 is 42.1 Å². The van der Waals surface area contributed by atoms with Crippen molar-refractivity contribution in [2.75, 3.05) is 33.4 Å². The first-order chi connectivity index (χ1) is 8.76. The van der Waals surface area contributed by atoms with Gasteiger partial charge in [0.25, 0.3) is 0 Å². The van der Waals surface area contributed by atoms with Crippen LogP contribution in [0.5, 0.6) is 0 Å². The second kappa shape index (κ2) is 13.6. The Labute approximate surface area is 136 Å². The number of halogens is 2. The maximum absolute atomic E-state index is 11.6. The average Bonchev–Trinajstić information content (AvgIpc) is 2.81. The lowest BCUT2D eigenvalue weighted by molar-refractivity contribution is -0.120. The van der Waals surface area contributed by atoms with Crippen LogP contribution in [0.4, 0.5) is 0 Å². The summed E-state index contributed by atoms with van der Waals surface area (Å²) in [6, 6.07) is 0. The highest BCUT2D eigenvalue weighted by atomic mass is 35.5. The molecule has 0 unspecified atom stereocenters. The zero-order valence-electron chi connectivity index (χ0n) is 11.8. The van der Waals surface area contributed by atoms with Gasteiger partial charge in [-0.3, -0.25) is 4.79 Å². The van der Waals surface area contributed by atoms with Gasteiger partial charge in [-0.2, -0.15) is 0 Å². The second-order valence-corrected chi connectivity index (χ2v) is 4.80. The molecule has 1 heterocycles. The first-order valence-electron chi connectivity index (χ1n) is 6.16. The molecule has 2 N–H and O–H groups in total. The number of aromatic nitrogens is 1. The molecule has 0 bridgehead atoms. The molecule has 1 aromatic rings. The van der Waals surface area contributed by atoms with Crippen molar-refractivity contribution in [3.05, 3.63) is 16.1 Å². The van der Waals surface area contributed by atoms with Gasteiger partial charge in [-0.15, -0.1) is 36.2 Å². The fourth-order valence-corrected chi connectivity index (χ4v) is 2.15. The number of amides is 1. The van der Waals surface area contributed by atoms with Crippen molar-refractivity contribution in [1.82, 2.24) is 15.6 Å². The van der Waals surface area contributed by atoms with Gasteiger partial charge in [-0.1, -0.05) is 6.92 Å². The molecule has 0 fully saturated rings. The molecule has 8 heteroatoms. The van der Waals surface area contributed by atoms with Gasteiger partial charge in [-0.25, -0.2) is 4.98 Å². The first kappa shape index (κ1) is 21.9. The third-order valence-electron chi connectivity index (χ3n) is 2.35. The molecule has 0 spiro atoms. The zero-order chi connectivity index (χ0) is 13.2. The van der Waals surface area contributed by atoms with E-state index in [1.807, 2.05) is 5.38 Å². The van der Waals surface area contributed by atoms with Crippen molar-refractivity contribution in [3.8, 4) is 0 Å². The highest BCUT2D eigenvalue weighted by Gasteiger charge is 2.06. The number of nitrogens with zero attached hydrogens (tertiary/aromatic N) is 1. The van der Waals surface area contributed by atoms with Crippen molar-refractivity contribution in [1.29, 1.82) is 0 Å². The molecule has 0 radical (unpaired) electrons. The van der Waals surface area contributed by atoms with E-state index in [2.05, 4.69) is 22.5 Å². The smallest absolute Gasteiger partial charge is 0.226 e. The van der Waals surface area contributed by atoms with Crippen molar-refractivity contribution in [3.63, 3.8) is 0 Å². The molecule has 5 nitrogen and oxygen atoms in total. The molecule has 20 heavy (non-hydrogen) atoms.